The summed E-state index contributed by atoms with van der Waals surface area (Å²) in [5.41, 5.74) is 6.02. The van der Waals surface area contributed by atoms with Gasteiger partial charge in [-0.15, -0.1) is 0 Å². The van der Waals surface area contributed by atoms with Gasteiger partial charge in [0.1, 0.15) is 0 Å². The molecule has 0 heterocycles. The molecule has 1 aromatic rings. The van der Waals surface area contributed by atoms with Gasteiger partial charge in [-0.3, -0.25) is 0 Å². The molecule has 0 saturated carbocycles. The lowest BCUT2D eigenvalue weighted by Crippen LogP contribution is -2.31. The largest absolute Gasteiger partial charge is 0.398 e. The molecule has 96 valence electrons. The van der Waals surface area contributed by atoms with Crippen molar-refractivity contribution >= 4 is 31.6 Å². The van der Waals surface area contributed by atoms with E-state index in [4.69, 9.17) is 10.5 Å². The monoisotopic (exact) mass is 322 g/mol. The molecule has 17 heavy (non-hydrogen) atoms. The summed E-state index contributed by atoms with van der Waals surface area (Å²) in [4.78, 5) is 0.140. The van der Waals surface area contributed by atoms with Crippen LogP contribution in [0, 0.1) is 0 Å². The smallest absolute Gasteiger partial charge is 0.240 e. The lowest BCUT2D eigenvalue weighted by molar-refractivity contribution is 0.122. The van der Waals surface area contributed by atoms with Crippen LogP contribution in [0.5, 0.6) is 0 Å². The fourth-order valence-corrected chi connectivity index (χ4v) is 2.48. The highest BCUT2D eigenvalue weighted by molar-refractivity contribution is 9.10. The highest BCUT2D eigenvalue weighted by Crippen LogP contribution is 2.22. The number of nitrogens with one attached hydrogen (secondary N) is 1. The van der Waals surface area contributed by atoms with Crippen molar-refractivity contribution in [2.45, 2.75) is 17.9 Å². The minimum atomic E-state index is -3.54. The number of nitrogens with two attached hydrogens (primary N) is 1. The summed E-state index contributed by atoms with van der Waals surface area (Å²) in [6, 6.07) is 4.49. The van der Waals surface area contributed by atoms with Gasteiger partial charge in [0.2, 0.25) is 10.0 Å². The highest BCUT2D eigenvalue weighted by atomic mass is 79.9. The van der Waals surface area contributed by atoms with E-state index in [0.717, 1.165) is 0 Å². The minimum absolute atomic E-state index is 0.140. The van der Waals surface area contributed by atoms with Gasteiger partial charge in [-0.05, 0) is 41.1 Å². The number of halogens is 1. The molecule has 5 nitrogen and oxygen atoms in total. The van der Waals surface area contributed by atoms with E-state index in [2.05, 4.69) is 20.7 Å². The Bertz CT molecular complexity index is 490. The van der Waals surface area contributed by atoms with E-state index in [9.17, 15) is 8.42 Å². The molecule has 0 bridgehead atoms. The van der Waals surface area contributed by atoms with Crippen molar-refractivity contribution in [3.63, 3.8) is 0 Å². The first-order chi connectivity index (χ1) is 7.86. The van der Waals surface area contributed by atoms with E-state index in [1.165, 1.54) is 19.2 Å². The number of hydrogen-bond acceptors (Lipinski definition) is 4. The molecule has 0 aliphatic rings. The topological polar surface area (TPSA) is 81.4 Å². The molecule has 0 aromatic heterocycles. The van der Waals surface area contributed by atoms with Crippen molar-refractivity contribution in [2.24, 2.45) is 0 Å². The second-order valence-electron chi connectivity index (χ2n) is 3.58. The number of sulfonamides is 1. The van der Waals surface area contributed by atoms with Gasteiger partial charge in [-0.25, -0.2) is 13.1 Å². The molecule has 7 heteroatoms. The van der Waals surface area contributed by atoms with Gasteiger partial charge in [-0.1, -0.05) is 0 Å². The zero-order valence-electron chi connectivity index (χ0n) is 9.60. The molecule has 0 amide bonds. The van der Waals surface area contributed by atoms with Crippen molar-refractivity contribution in [3.05, 3.63) is 22.7 Å². The van der Waals surface area contributed by atoms with E-state index < -0.39 is 10.0 Å². The fraction of sp³-hybridized carbons (Fsp3) is 0.400. The summed E-state index contributed by atoms with van der Waals surface area (Å²) in [5, 5.41) is 0. The Balaban J connectivity index is 2.86. The van der Waals surface area contributed by atoms with E-state index >= 15 is 0 Å². The molecule has 0 aliphatic heterocycles. The summed E-state index contributed by atoms with van der Waals surface area (Å²) in [6.07, 6.45) is -0.183. The van der Waals surface area contributed by atoms with E-state index in [1.54, 1.807) is 13.0 Å². The summed E-state index contributed by atoms with van der Waals surface area (Å²) >= 11 is 3.21. The lowest BCUT2D eigenvalue weighted by Gasteiger charge is -2.11. The van der Waals surface area contributed by atoms with Crippen LogP contribution in [0.4, 0.5) is 5.69 Å². The van der Waals surface area contributed by atoms with Gasteiger partial charge < -0.3 is 10.5 Å². The third-order valence-electron chi connectivity index (χ3n) is 2.24. The Kier molecular flexibility index (Phi) is 4.93. The summed E-state index contributed by atoms with van der Waals surface area (Å²) < 4.78 is 31.8. The molecular weight excluding hydrogens is 308 g/mol. The summed E-state index contributed by atoms with van der Waals surface area (Å²) in [6.45, 7) is 1.99. The van der Waals surface area contributed by atoms with Crippen molar-refractivity contribution in [1.29, 1.82) is 0 Å². The quantitative estimate of drug-likeness (QED) is 0.802. The maximum Gasteiger partial charge on any atom is 0.240 e. The Morgan fingerprint density at radius 1 is 1.53 bits per heavy atom. The molecule has 1 aromatic carbocycles. The van der Waals surface area contributed by atoms with Crippen LogP contribution in [-0.2, 0) is 14.8 Å². The first kappa shape index (κ1) is 14.4. The van der Waals surface area contributed by atoms with Crippen molar-refractivity contribution in [3.8, 4) is 0 Å². The molecule has 0 radical (unpaired) electrons. The third kappa shape index (κ3) is 3.95. The van der Waals surface area contributed by atoms with Crippen molar-refractivity contribution < 1.29 is 13.2 Å². The lowest BCUT2D eigenvalue weighted by atomic mass is 10.3. The number of anilines is 1. The first-order valence-electron chi connectivity index (χ1n) is 4.94. The maximum atomic E-state index is 11.9. The first-order valence-corrected chi connectivity index (χ1v) is 7.22. The summed E-state index contributed by atoms with van der Waals surface area (Å²) in [5.74, 6) is 0. The molecule has 1 atom stereocenters. The molecule has 3 N–H and O–H groups in total. The Hall–Kier alpha value is -0.630. The van der Waals surface area contributed by atoms with Crippen LogP contribution in [0.25, 0.3) is 0 Å². The number of rotatable bonds is 5. The van der Waals surface area contributed by atoms with Crippen LogP contribution in [0.1, 0.15) is 6.92 Å². The van der Waals surface area contributed by atoms with Gasteiger partial charge in [-0.2, -0.15) is 0 Å². The zero-order chi connectivity index (χ0) is 13.1. The van der Waals surface area contributed by atoms with Crippen LogP contribution >= 0.6 is 15.9 Å². The van der Waals surface area contributed by atoms with Gasteiger partial charge >= 0.3 is 0 Å². The number of methoxy groups -OCH3 is 1. The molecule has 1 rings (SSSR count). The standard InChI is InChI=1S/C10H15BrN2O3S/c1-7(16-2)6-13-17(14,15)8-3-4-9(11)10(12)5-8/h3-5,7,13H,6,12H2,1-2H3. The van der Waals surface area contributed by atoms with Gasteiger partial charge in [0.25, 0.3) is 0 Å². The van der Waals surface area contributed by atoms with Crippen LogP contribution in [-0.4, -0.2) is 28.2 Å². The van der Waals surface area contributed by atoms with E-state index in [0.29, 0.717) is 10.2 Å². The number of hydrogen-bond donors (Lipinski definition) is 2. The van der Waals surface area contributed by atoms with Crippen LogP contribution in [0.2, 0.25) is 0 Å². The average Bonchev–Trinajstić information content (AvgIpc) is 2.29. The molecule has 1 unspecified atom stereocenters. The Morgan fingerprint density at radius 3 is 2.71 bits per heavy atom. The van der Waals surface area contributed by atoms with Gasteiger partial charge in [0.15, 0.2) is 0 Å². The van der Waals surface area contributed by atoms with Gasteiger partial charge in [0.05, 0.1) is 11.0 Å². The van der Waals surface area contributed by atoms with Crippen molar-refractivity contribution in [2.75, 3.05) is 19.4 Å². The predicted molar refractivity (Wildman–Crippen MR) is 70.2 cm³/mol. The molecule has 0 fully saturated rings. The fourth-order valence-electron chi connectivity index (χ4n) is 1.08. The van der Waals surface area contributed by atoms with E-state index in [1.807, 2.05) is 0 Å². The van der Waals surface area contributed by atoms with Crippen molar-refractivity contribution in [1.82, 2.24) is 4.72 Å². The second-order valence-corrected chi connectivity index (χ2v) is 6.20. The number of nitrogen functional groups attached to an aromatic ring is 1. The SMILES string of the molecule is COC(C)CNS(=O)(=O)c1ccc(Br)c(N)c1. The van der Waals surface area contributed by atoms with Gasteiger partial charge in [0, 0.05) is 23.8 Å². The molecule has 0 saturated heterocycles. The molecule has 0 aliphatic carbocycles. The zero-order valence-corrected chi connectivity index (χ0v) is 12.0. The van der Waals surface area contributed by atoms with Crippen LogP contribution in [0.15, 0.2) is 27.6 Å². The Labute approximate surface area is 110 Å². The second kappa shape index (κ2) is 5.81. The molecule has 0 spiro atoms. The predicted octanol–water partition coefficient (Wildman–Crippen LogP) is 1.34. The van der Waals surface area contributed by atoms with Crippen LogP contribution in [0.3, 0.4) is 0 Å². The highest BCUT2D eigenvalue weighted by Gasteiger charge is 2.15. The number of benzene rings is 1. The number of ether oxygens (including phenoxy) is 1. The third-order valence-corrected chi connectivity index (χ3v) is 4.38. The Morgan fingerprint density at radius 2 is 2.18 bits per heavy atom. The maximum absolute atomic E-state index is 11.9. The summed E-state index contributed by atoms with van der Waals surface area (Å²) in [7, 11) is -2.01. The average molecular weight is 323 g/mol. The minimum Gasteiger partial charge on any atom is -0.398 e. The van der Waals surface area contributed by atoms with Crippen LogP contribution < -0.4 is 10.5 Å². The normalized spacial score (nSPS) is 13.6. The van der Waals surface area contributed by atoms with E-state index in [-0.39, 0.29) is 17.5 Å². The molecular formula is C10H15BrN2O3S.